The minimum Gasteiger partial charge on any atom is -0.497 e. The fraction of sp³-hybridized carbons (Fsp3) is 0.227. The number of hydrogen-bond donors (Lipinski definition) is 0. The van der Waals surface area contributed by atoms with E-state index >= 15 is 0 Å². The Kier molecular flexibility index (Phi) is 5.74. The largest absolute Gasteiger partial charge is 0.497 e. The molecule has 26 heavy (non-hydrogen) atoms. The van der Waals surface area contributed by atoms with Crippen molar-refractivity contribution in [3.63, 3.8) is 0 Å². The first-order valence-electron chi connectivity index (χ1n) is 8.64. The number of benzene rings is 2. The summed E-state index contributed by atoms with van der Waals surface area (Å²) in [4.78, 5) is 14.3. The van der Waals surface area contributed by atoms with Crippen LogP contribution in [0, 0.1) is 0 Å². The average Bonchev–Trinajstić information content (AvgIpc) is 2.72. The molecule has 4 nitrogen and oxygen atoms in total. The van der Waals surface area contributed by atoms with E-state index in [0.29, 0.717) is 12.3 Å². The van der Waals surface area contributed by atoms with E-state index < -0.39 is 0 Å². The number of carbonyl (C=O) groups is 1. The van der Waals surface area contributed by atoms with Crippen LogP contribution < -0.4 is 9.47 Å². The lowest BCUT2D eigenvalue weighted by molar-refractivity contribution is -0.125. The lowest BCUT2D eigenvalue weighted by atomic mass is 9.99. The molecule has 0 radical (unpaired) electrons. The Balaban J connectivity index is 1.68. The predicted octanol–water partition coefficient (Wildman–Crippen LogP) is 4.03. The summed E-state index contributed by atoms with van der Waals surface area (Å²) in [7, 11) is 3.23. The normalized spacial score (nSPS) is 14.2. The Bertz CT molecular complexity index is 825. The number of methoxy groups -OCH3 is 2. The maximum absolute atomic E-state index is 12.5. The first kappa shape index (κ1) is 17.8. The van der Waals surface area contributed by atoms with Gasteiger partial charge in [0.25, 0.3) is 0 Å². The Hall–Kier alpha value is -3.01. The summed E-state index contributed by atoms with van der Waals surface area (Å²) >= 11 is 0. The molecule has 0 N–H and O–H groups in total. The fourth-order valence-corrected chi connectivity index (χ4v) is 3.02. The highest BCUT2D eigenvalue weighted by atomic mass is 16.5. The molecule has 0 fully saturated rings. The van der Waals surface area contributed by atoms with E-state index in [1.165, 1.54) is 11.1 Å². The van der Waals surface area contributed by atoms with Crippen molar-refractivity contribution in [2.45, 2.75) is 6.42 Å². The first-order valence-corrected chi connectivity index (χ1v) is 8.64. The van der Waals surface area contributed by atoms with Gasteiger partial charge in [-0.15, -0.1) is 0 Å². The van der Waals surface area contributed by atoms with Crippen molar-refractivity contribution >= 4 is 17.6 Å². The Labute approximate surface area is 154 Å². The molecule has 0 saturated carbocycles. The van der Waals surface area contributed by atoms with Gasteiger partial charge in [0.15, 0.2) is 0 Å². The van der Waals surface area contributed by atoms with Crippen molar-refractivity contribution in [3.8, 4) is 11.5 Å². The highest BCUT2D eigenvalue weighted by Gasteiger charge is 2.16. The Morgan fingerprint density at radius 3 is 2.54 bits per heavy atom. The van der Waals surface area contributed by atoms with E-state index in [-0.39, 0.29) is 5.91 Å². The molecule has 2 aromatic carbocycles. The quantitative estimate of drug-likeness (QED) is 0.765. The number of carbonyl (C=O) groups excluding carboxylic acids is 1. The zero-order valence-corrected chi connectivity index (χ0v) is 15.1. The highest BCUT2D eigenvalue weighted by Crippen LogP contribution is 2.26. The first-order chi connectivity index (χ1) is 12.7. The number of ether oxygens (including phenoxy) is 2. The van der Waals surface area contributed by atoms with Crippen molar-refractivity contribution in [2.75, 3.05) is 27.3 Å². The number of hydrogen-bond acceptors (Lipinski definition) is 3. The SMILES string of the molecule is COc1ccc(OC)c(/C=C/C(=O)N2CC=C(c3ccccc3)CC2)c1. The summed E-state index contributed by atoms with van der Waals surface area (Å²) < 4.78 is 10.6. The fourth-order valence-electron chi connectivity index (χ4n) is 3.02. The summed E-state index contributed by atoms with van der Waals surface area (Å²) in [5.41, 5.74) is 3.35. The molecule has 1 aliphatic rings. The van der Waals surface area contributed by atoms with Gasteiger partial charge in [-0.1, -0.05) is 36.4 Å². The Morgan fingerprint density at radius 1 is 1.08 bits per heavy atom. The highest BCUT2D eigenvalue weighted by molar-refractivity contribution is 5.92. The second kappa shape index (κ2) is 8.39. The molecule has 3 rings (SSSR count). The van der Waals surface area contributed by atoms with Crippen LogP contribution in [0.2, 0.25) is 0 Å². The van der Waals surface area contributed by atoms with Gasteiger partial charge in [0, 0.05) is 24.7 Å². The summed E-state index contributed by atoms with van der Waals surface area (Å²) in [6.07, 6.45) is 6.38. The minimum atomic E-state index is -0.00163. The molecule has 0 spiro atoms. The van der Waals surface area contributed by atoms with Crippen LogP contribution in [-0.4, -0.2) is 38.1 Å². The van der Waals surface area contributed by atoms with E-state index in [1.807, 2.05) is 41.3 Å². The molecule has 0 saturated heterocycles. The zero-order chi connectivity index (χ0) is 18.4. The molecule has 0 aromatic heterocycles. The maximum atomic E-state index is 12.5. The summed E-state index contributed by atoms with van der Waals surface area (Å²) in [6, 6.07) is 15.8. The molecule has 1 heterocycles. The minimum absolute atomic E-state index is 0.00163. The topological polar surface area (TPSA) is 38.8 Å². The lowest BCUT2D eigenvalue weighted by Crippen LogP contribution is -2.33. The van der Waals surface area contributed by atoms with Crippen molar-refractivity contribution in [1.82, 2.24) is 4.90 Å². The van der Waals surface area contributed by atoms with Gasteiger partial charge in [0.05, 0.1) is 14.2 Å². The second-order valence-electron chi connectivity index (χ2n) is 6.07. The molecule has 0 aliphatic carbocycles. The zero-order valence-electron chi connectivity index (χ0n) is 15.1. The van der Waals surface area contributed by atoms with E-state index in [9.17, 15) is 4.79 Å². The van der Waals surface area contributed by atoms with Crippen LogP contribution in [0.15, 0.2) is 60.7 Å². The second-order valence-corrected chi connectivity index (χ2v) is 6.07. The van der Waals surface area contributed by atoms with Gasteiger partial charge in [0.2, 0.25) is 5.91 Å². The van der Waals surface area contributed by atoms with Crippen LogP contribution in [0.3, 0.4) is 0 Å². The van der Waals surface area contributed by atoms with Crippen LogP contribution in [0.4, 0.5) is 0 Å². The van der Waals surface area contributed by atoms with Gasteiger partial charge in [-0.05, 0) is 41.8 Å². The van der Waals surface area contributed by atoms with Gasteiger partial charge in [-0.25, -0.2) is 0 Å². The predicted molar refractivity (Wildman–Crippen MR) is 104 cm³/mol. The van der Waals surface area contributed by atoms with Crippen LogP contribution in [0.25, 0.3) is 11.6 Å². The van der Waals surface area contributed by atoms with Crippen molar-refractivity contribution in [1.29, 1.82) is 0 Å². The van der Waals surface area contributed by atoms with Gasteiger partial charge in [-0.3, -0.25) is 4.79 Å². The van der Waals surface area contributed by atoms with E-state index in [2.05, 4.69) is 18.2 Å². The summed E-state index contributed by atoms with van der Waals surface area (Å²) in [6.45, 7) is 1.35. The smallest absolute Gasteiger partial charge is 0.246 e. The standard InChI is InChI=1S/C22H23NO3/c1-25-20-9-10-21(26-2)19(16-20)8-11-22(24)23-14-12-18(13-15-23)17-6-4-3-5-7-17/h3-12,16H,13-15H2,1-2H3/b11-8+. The summed E-state index contributed by atoms with van der Waals surface area (Å²) in [5.74, 6) is 1.43. The van der Waals surface area contributed by atoms with Gasteiger partial charge >= 0.3 is 0 Å². The monoisotopic (exact) mass is 349 g/mol. The van der Waals surface area contributed by atoms with Gasteiger partial charge < -0.3 is 14.4 Å². The molecular formula is C22H23NO3. The van der Waals surface area contributed by atoms with Crippen molar-refractivity contribution in [2.24, 2.45) is 0 Å². The van der Waals surface area contributed by atoms with Gasteiger partial charge in [-0.2, -0.15) is 0 Å². The van der Waals surface area contributed by atoms with Crippen LogP contribution >= 0.6 is 0 Å². The molecule has 1 amide bonds. The lowest BCUT2D eigenvalue weighted by Gasteiger charge is -2.25. The molecule has 0 unspecified atom stereocenters. The molecule has 4 heteroatoms. The summed E-state index contributed by atoms with van der Waals surface area (Å²) in [5, 5.41) is 0. The third kappa shape index (κ3) is 4.14. The van der Waals surface area contributed by atoms with E-state index in [4.69, 9.17) is 9.47 Å². The molecule has 0 bridgehead atoms. The van der Waals surface area contributed by atoms with Crippen LogP contribution in [-0.2, 0) is 4.79 Å². The van der Waals surface area contributed by atoms with Crippen molar-refractivity contribution in [3.05, 3.63) is 71.8 Å². The Morgan fingerprint density at radius 2 is 1.88 bits per heavy atom. The van der Waals surface area contributed by atoms with Gasteiger partial charge in [0.1, 0.15) is 11.5 Å². The number of nitrogens with zero attached hydrogens (tertiary/aromatic N) is 1. The molecule has 0 atom stereocenters. The average molecular weight is 349 g/mol. The van der Waals surface area contributed by atoms with E-state index in [0.717, 1.165) is 24.3 Å². The maximum Gasteiger partial charge on any atom is 0.246 e. The third-order valence-corrected chi connectivity index (χ3v) is 4.51. The molecule has 1 aliphatic heterocycles. The number of rotatable bonds is 5. The molecule has 2 aromatic rings. The molecule has 134 valence electrons. The molecular weight excluding hydrogens is 326 g/mol. The van der Waals surface area contributed by atoms with Crippen molar-refractivity contribution < 1.29 is 14.3 Å². The van der Waals surface area contributed by atoms with Crippen LogP contribution in [0.5, 0.6) is 11.5 Å². The van der Waals surface area contributed by atoms with E-state index in [1.54, 1.807) is 26.4 Å². The van der Waals surface area contributed by atoms with Crippen LogP contribution in [0.1, 0.15) is 17.5 Å². The number of amides is 1. The third-order valence-electron chi connectivity index (χ3n) is 4.51.